The van der Waals surface area contributed by atoms with Crippen molar-refractivity contribution < 1.29 is 5.11 Å². The van der Waals surface area contributed by atoms with Crippen LogP contribution in [0, 0.1) is 6.92 Å². The molecule has 2 aromatic heterocycles. The van der Waals surface area contributed by atoms with Gasteiger partial charge in [0.1, 0.15) is 5.01 Å². The predicted molar refractivity (Wildman–Crippen MR) is 83.3 cm³/mol. The van der Waals surface area contributed by atoms with E-state index in [4.69, 9.17) is 0 Å². The lowest BCUT2D eigenvalue weighted by atomic mass is 10.1. The van der Waals surface area contributed by atoms with Crippen LogP contribution in [-0.2, 0) is 0 Å². The Labute approximate surface area is 119 Å². The van der Waals surface area contributed by atoms with Crippen LogP contribution < -0.4 is 0 Å². The Hall–Kier alpha value is -2.33. The van der Waals surface area contributed by atoms with E-state index in [0.717, 1.165) is 31.7 Å². The lowest BCUT2D eigenvalue weighted by Gasteiger charge is -1.96. The van der Waals surface area contributed by atoms with Crippen molar-refractivity contribution in [3.8, 4) is 16.5 Å². The molecule has 0 unspecified atom stereocenters. The van der Waals surface area contributed by atoms with Gasteiger partial charge in [-0.25, -0.2) is 4.98 Å². The first-order chi connectivity index (χ1) is 9.72. The first-order valence-corrected chi connectivity index (χ1v) is 7.21. The van der Waals surface area contributed by atoms with Crippen molar-refractivity contribution in [2.45, 2.75) is 6.92 Å². The Bertz CT molecular complexity index is 903. The van der Waals surface area contributed by atoms with Gasteiger partial charge >= 0.3 is 0 Å². The molecule has 98 valence electrons. The van der Waals surface area contributed by atoms with E-state index >= 15 is 0 Å². The van der Waals surface area contributed by atoms with Crippen LogP contribution in [0.2, 0.25) is 0 Å². The van der Waals surface area contributed by atoms with Gasteiger partial charge in [-0.1, -0.05) is 23.8 Å². The summed E-state index contributed by atoms with van der Waals surface area (Å²) in [6, 6.07) is 14.1. The zero-order valence-corrected chi connectivity index (χ0v) is 11.7. The van der Waals surface area contributed by atoms with Gasteiger partial charge in [0, 0.05) is 10.9 Å². The quantitative estimate of drug-likeness (QED) is 0.541. The predicted octanol–water partition coefficient (Wildman–Crippen LogP) is 4.46. The standard InChI is InChI=1S/C16H12N2OS/c1-9-6-7-11-10(8-9)14(15(19)17-11)16-18-12-4-2-3-5-13(12)20-16/h2-8,17,19H,1H3. The van der Waals surface area contributed by atoms with Crippen molar-refractivity contribution in [3.63, 3.8) is 0 Å². The molecule has 0 saturated heterocycles. The van der Waals surface area contributed by atoms with Crippen LogP contribution >= 0.6 is 11.3 Å². The summed E-state index contributed by atoms with van der Waals surface area (Å²) < 4.78 is 1.13. The summed E-state index contributed by atoms with van der Waals surface area (Å²) in [6.45, 7) is 2.05. The number of aromatic hydroxyl groups is 1. The Morgan fingerprint density at radius 2 is 2.00 bits per heavy atom. The lowest BCUT2D eigenvalue weighted by molar-refractivity contribution is 0.460. The molecule has 0 fully saturated rings. The molecule has 0 aliphatic rings. The highest BCUT2D eigenvalue weighted by atomic mass is 32.1. The normalized spacial score (nSPS) is 11.4. The molecule has 0 spiro atoms. The maximum Gasteiger partial charge on any atom is 0.199 e. The number of nitrogens with one attached hydrogen (secondary N) is 1. The number of hydrogen-bond acceptors (Lipinski definition) is 3. The molecule has 0 saturated carbocycles. The Morgan fingerprint density at radius 3 is 2.85 bits per heavy atom. The number of H-pyrrole nitrogens is 1. The van der Waals surface area contributed by atoms with E-state index in [1.165, 1.54) is 5.56 Å². The molecular weight excluding hydrogens is 268 g/mol. The molecule has 4 aromatic rings. The summed E-state index contributed by atoms with van der Waals surface area (Å²) >= 11 is 1.60. The summed E-state index contributed by atoms with van der Waals surface area (Å²) in [5.41, 5.74) is 3.86. The largest absolute Gasteiger partial charge is 0.494 e. The molecule has 0 bridgehead atoms. The Morgan fingerprint density at radius 1 is 1.15 bits per heavy atom. The van der Waals surface area contributed by atoms with Gasteiger partial charge in [-0.05, 0) is 31.2 Å². The number of nitrogens with zero attached hydrogens (tertiary/aromatic N) is 1. The zero-order valence-electron chi connectivity index (χ0n) is 10.8. The minimum absolute atomic E-state index is 0.185. The molecule has 2 heterocycles. The molecule has 4 heteroatoms. The van der Waals surface area contributed by atoms with Gasteiger partial charge in [-0.2, -0.15) is 0 Å². The van der Waals surface area contributed by atoms with Crippen LogP contribution in [0.15, 0.2) is 42.5 Å². The Kier molecular flexibility index (Phi) is 2.35. The monoisotopic (exact) mass is 280 g/mol. The van der Waals surface area contributed by atoms with Crippen LogP contribution in [0.5, 0.6) is 5.88 Å². The Balaban J connectivity index is 2.05. The number of benzene rings is 2. The van der Waals surface area contributed by atoms with Gasteiger partial charge in [-0.3, -0.25) is 0 Å². The topological polar surface area (TPSA) is 48.9 Å². The summed E-state index contributed by atoms with van der Waals surface area (Å²) in [5, 5.41) is 12.1. The van der Waals surface area contributed by atoms with E-state index in [1.807, 2.05) is 43.3 Å². The fourth-order valence-corrected chi connectivity index (χ4v) is 3.51. The molecule has 0 radical (unpaired) electrons. The lowest BCUT2D eigenvalue weighted by Crippen LogP contribution is -1.76. The maximum atomic E-state index is 10.2. The second-order valence-corrected chi connectivity index (χ2v) is 5.92. The highest BCUT2D eigenvalue weighted by molar-refractivity contribution is 7.21. The summed E-state index contributed by atoms with van der Waals surface area (Å²) in [5.74, 6) is 0.185. The van der Waals surface area contributed by atoms with Crippen LogP contribution in [-0.4, -0.2) is 15.1 Å². The third kappa shape index (κ3) is 1.62. The second kappa shape index (κ2) is 4.08. The molecule has 3 nitrogen and oxygen atoms in total. The number of aryl methyl sites for hydroxylation is 1. The first kappa shape index (κ1) is 11.5. The SMILES string of the molecule is Cc1ccc2[nH]c(O)c(-c3nc4ccccc4s3)c2c1. The van der Waals surface area contributed by atoms with E-state index in [2.05, 4.69) is 16.0 Å². The van der Waals surface area contributed by atoms with E-state index in [0.29, 0.717) is 0 Å². The minimum Gasteiger partial charge on any atom is -0.494 e. The first-order valence-electron chi connectivity index (χ1n) is 6.39. The van der Waals surface area contributed by atoms with E-state index < -0.39 is 0 Å². The van der Waals surface area contributed by atoms with Crippen LogP contribution in [0.1, 0.15) is 5.56 Å². The van der Waals surface area contributed by atoms with E-state index in [9.17, 15) is 5.11 Å². The molecular formula is C16H12N2OS. The van der Waals surface area contributed by atoms with Crippen molar-refractivity contribution >= 4 is 32.5 Å². The molecule has 2 aromatic carbocycles. The van der Waals surface area contributed by atoms with Crippen LogP contribution in [0.25, 0.3) is 31.7 Å². The third-order valence-electron chi connectivity index (χ3n) is 3.44. The number of aromatic nitrogens is 2. The fourth-order valence-electron chi connectivity index (χ4n) is 2.49. The average Bonchev–Trinajstić information content (AvgIpc) is 2.97. The van der Waals surface area contributed by atoms with E-state index in [-0.39, 0.29) is 5.88 Å². The van der Waals surface area contributed by atoms with E-state index in [1.54, 1.807) is 11.3 Å². The minimum atomic E-state index is 0.185. The summed E-state index contributed by atoms with van der Waals surface area (Å²) in [4.78, 5) is 7.65. The summed E-state index contributed by atoms with van der Waals surface area (Å²) in [6.07, 6.45) is 0. The smallest absolute Gasteiger partial charge is 0.199 e. The number of rotatable bonds is 1. The molecule has 20 heavy (non-hydrogen) atoms. The molecule has 2 N–H and O–H groups in total. The van der Waals surface area contributed by atoms with Crippen LogP contribution in [0.4, 0.5) is 0 Å². The number of thiazole rings is 1. The molecule has 0 atom stereocenters. The fraction of sp³-hybridized carbons (Fsp3) is 0.0625. The van der Waals surface area contributed by atoms with Gasteiger partial charge in [0.25, 0.3) is 0 Å². The molecule has 4 rings (SSSR count). The highest BCUT2D eigenvalue weighted by Crippen LogP contribution is 2.40. The van der Waals surface area contributed by atoms with Crippen LogP contribution in [0.3, 0.4) is 0 Å². The number of fused-ring (bicyclic) bond motifs is 2. The van der Waals surface area contributed by atoms with Crippen molar-refractivity contribution in [1.29, 1.82) is 0 Å². The van der Waals surface area contributed by atoms with Gasteiger partial charge < -0.3 is 10.1 Å². The van der Waals surface area contributed by atoms with Crippen molar-refractivity contribution in [2.24, 2.45) is 0 Å². The third-order valence-corrected chi connectivity index (χ3v) is 4.50. The van der Waals surface area contributed by atoms with Crippen molar-refractivity contribution in [3.05, 3.63) is 48.0 Å². The molecule has 0 aliphatic heterocycles. The highest BCUT2D eigenvalue weighted by Gasteiger charge is 2.16. The number of para-hydroxylation sites is 1. The van der Waals surface area contributed by atoms with Gasteiger partial charge in [0.05, 0.1) is 15.8 Å². The van der Waals surface area contributed by atoms with Gasteiger partial charge in [0.15, 0.2) is 5.88 Å². The number of hydrogen-bond donors (Lipinski definition) is 2. The second-order valence-electron chi connectivity index (χ2n) is 4.88. The molecule has 0 amide bonds. The molecule has 0 aliphatic carbocycles. The van der Waals surface area contributed by atoms with Gasteiger partial charge in [0.2, 0.25) is 0 Å². The van der Waals surface area contributed by atoms with Crippen molar-refractivity contribution in [1.82, 2.24) is 9.97 Å². The van der Waals surface area contributed by atoms with Crippen molar-refractivity contribution in [2.75, 3.05) is 0 Å². The van der Waals surface area contributed by atoms with Gasteiger partial charge in [-0.15, -0.1) is 11.3 Å². The zero-order chi connectivity index (χ0) is 13.7. The summed E-state index contributed by atoms with van der Waals surface area (Å²) in [7, 11) is 0. The maximum absolute atomic E-state index is 10.2. The average molecular weight is 280 g/mol. The number of aromatic amines is 1.